The van der Waals surface area contributed by atoms with Gasteiger partial charge in [0.1, 0.15) is 11.6 Å². The van der Waals surface area contributed by atoms with Crippen molar-refractivity contribution in [3.8, 4) is 0 Å². The molecule has 4 nitrogen and oxygen atoms in total. The molecule has 2 unspecified atom stereocenters. The molecule has 1 fully saturated rings. The second kappa shape index (κ2) is 4.04. The van der Waals surface area contributed by atoms with Crippen molar-refractivity contribution in [1.82, 2.24) is 9.97 Å². The number of hydrogen-bond acceptors (Lipinski definition) is 4. The molecular weight excluding hydrogens is 188 g/mol. The molecule has 0 bridgehead atoms. The van der Waals surface area contributed by atoms with Crippen LogP contribution >= 0.6 is 0 Å². The maximum atomic E-state index is 5.65. The highest BCUT2D eigenvalue weighted by atomic mass is 15.2. The SMILES string of the molecule is CC1CCC(C)N(c2cncc(N)n2)C1. The second-order valence-electron chi connectivity index (χ2n) is 4.49. The molecule has 82 valence electrons. The molecule has 15 heavy (non-hydrogen) atoms. The molecule has 0 amide bonds. The Balaban J connectivity index is 2.21. The van der Waals surface area contributed by atoms with Crippen LogP contribution in [0.4, 0.5) is 11.6 Å². The zero-order valence-electron chi connectivity index (χ0n) is 9.35. The van der Waals surface area contributed by atoms with E-state index in [0.717, 1.165) is 18.3 Å². The predicted molar refractivity (Wildman–Crippen MR) is 61.7 cm³/mol. The average molecular weight is 206 g/mol. The standard InChI is InChI=1S/C11H18N4/c1-8-3-4-9(2)15(7-8)11-6-13-5-10(12)14-11/h5-6,8-9H,3-4,7H2,1-2H3,(H2,12,14). The van der Waals surface area contributed by atoms with Gasteiger partial charge in [-0.05, 0) is 25.7 Å². The minimum atomic E-state index is 0.498. The van der Waals surface area contributed by atoms with Gasteiger partial charge in [-0.15, -0.1) is 0 Å². The van der Waals surface area contributed by atoms with Crippen molar-refractivity contribution in [1.29, 1.82) is 0 Å². The van der Waals surface area contributed by atoms with Crippen LogP contribution in [0.1, 0.15) is 26.7 Å². The minimum Gasteiger partial charge on any atom is -0.382 e. The van der Waals surface area contributed by atoms with Crippen molar-refractivity contribution in [3.05, 3.63) is 12.4 Å². The van der Waals surface area contributed by atoms with Crippen molar-refractivity contribution in [2.45, 2.75) is 32.7 Å². The highest BCUT2D eigenvalue weighted by Gasteiger charge is 2.23. The van der Waals surface area contributed by atoms with E-state index in [-0.39, 0.29) is 0 Å². The molecule has 2 rings (SSSR count). The van der Waals surface area contributed by atoms with E-state index >= 15 is 0 Å². The van der Waals surface area contributed by atoms with E-state index in [1.54, 1.807) is 12.4 Å². The van der Waals surface area contributed by atoms with Crippen LogP contribution in [0, 0.1) is 5.92 Å². The number of piperidine rings is 1. The lowest BCUT2D eigenvalue weighted by molar-refractivity contribution is 0.388. The second-order valence-corrected chi connectivity index (χ2v) is 4.49. The summed E-state index contributed by atoms with van der Waals surface area (Å²) in [4.78, 5) is 10.7. The van der Waals surface area contributed by atoms with Gasteiger partial charge in [-0.3, -0.25) is 4.98 Å². The number of nitrogens with two attached hydrogens (primary N) is 1. The minimum absolute atomic E-state index is 0.498. The third-order valence-corrected chi connectivity index (χ3v) is 3.05. The van der Waals surface area contributed by atoms with Gasteiger partial charge < -0.3 is 10.6 Å². The zero-order valence-corrected chi connectivity index (χ0v) is 9.35. The molecule has 4 heteroatoms. The van der Waals surface area contributed by atoms with Crippen LogP contribution in [-0.2, 0) is 0 Å². The molecule has 1 aromatic rings. The van der Waals surface area contributed by atoms with E-state index in [1.165, 1.54) is 12.8 Å². The molecule has 0 radical (unpaired) electrons. The lowest BCUT2D eigenvalue weighted by Gasteiger charge is -2.37. The van der Waals surface area contributed by atoms with Gasteiger partial charge in [0.15, 0.2) is 0 Å². The van der Waals surface area contributed by atoms with E-state index < -0.39 is 0 Å². The summed E-state index contributed by atoms with van der Waals surface area (Å²) in [6.07, 6.45) is 5.90. The van der Waals surface area contributed by atoms with Crippen LogP contribution in [0.5, 0.6) is 0 Å². The van der Waals surface area contributed by atoms with E-state index in [0.29, 0.717) is 11.9 Å². The van der Waals surface area contributed by atoms with Gasteiger partial charge in [0.05, 0.1) is 12.4 Å². The third kappa shape index (κ3) is 2.19. The summed E-state index contributed by atoms with van der Waals surface area (Å²) in [7, 11) is 0. The Morgan fingerprint density at radius 3 is 2.87 bits per heavy atom. The first-order valence-corrected chi connectivity index (χ1v) is 5.51. The summed E-state index contributed by atoms with van der Waals surface area (Å²) in [6, 6.07) is 0.539. The van der Waals surface area contributed by atoms with Gasteiger partial charge in [0, 0.05) is 12.6 Å². The molecule has 2 heterocycles. The van der Waals surface area contributed by atoms with Gasteiger partial charge in [0.2, 0.25) is 0 Å². The summed E-state index contributed by atoms with van der Waals surface area (Å²) in [5, 5.41) is 0. The molecular formula is C11H18N4. The van der Waals surface area contributed by atoms with Crippen LogP contribution < -0.4 is 10.6 Å². The first-order chi connectivity index (χ1) is 7.16. The number of aromatic nitrogens is 2. The fraction of sp³-hybridized carbons (Fsp3) is 0.636. The Hall–Kier alpha value is -1.32. The Kier molecular flexibility index (Phi) is 2.75. The van der Waals surface area contributed by atoms with E-state index in [1.807, 2.05) is 0 Å². The lowest BCUT2D eigenvalue weighted by atomic mass is 9.95. The number of hydrogen-bond donors (Lipinski definition) is 1. The summed E-state index contributed by atoms with van der Waals surface area (Å²) >= 11 is 0. The maximum Gasteiger partial charge on any atom is 0.149 e. The molecule has 2 atom stereocenters. The summed E-state index contributed by atoms with van der Waals surface area (Å²) in [5.41, 5.74) is 5.65. The van der Waals surface area contributed by atoms with E-state index in [9.17, 15) is 0 Å². The van der Waals surface area contributed by atoms with Gasteiger partial charge in [0.25, 0.3) is 0 Å². The van der Waals surface area contributed by atoms with Gasteiger partial charge in [-0.1, -0.05) is 6.92 Å². The average Bonchev–Trinajstić information content (AvgIpc) is 2.22. The van der Waals surface area contributed by atoms with Crippen molar-refractivity contribution in [3.63, 3.8) is 0 Å². The molecule has 1 aromatic heterocycles. The lowest BCUT2D eigenvalue weighted by Crippen LogP contribution is -2.41. The maximum absolute atomic E-state index is 5.65. The highest BCUT2D eigenvalue weighted by molar-refractivity contribution is 5.42. The van der Waals surface area contributed by atoms with Gasteiger partial charge in [-0.2, -0.15) is 0 Å². The predicted octanol–water partition coefficient (Wildman–Crippen LogP) is 1.68. The Morgan fingerprint density at radius 2 is 2.13 bits per heavy atom. The van der Waals surface area contributed by atoms with Crippen LogP contribution in [0.15, 0.2) is 12.4 Å². The van der Waals surface area contributed by atoms with E-state index in [4.69, 9.17) is 5.73 Å². The van der Waals surface area contributed by atoms with Crippen LogP contribution in [0.25, 0.3) is 0 Å². The van der Waals surface area contributed by atoms with Crippen LogP contribution in [0.2, 0.25) is 0 Å². The monoisotopic (exact) mass is 206 g/mol. The normalized spacial score (nSPS) is 26.7. The van der Waals surface area contributed by atoms with Crippen molar-refractivity contribution >= 4 is 11.6 Å². The van der Waals surface area contributed by atoms with Gasteiger partial charge >= 0.3 is 0 Å². The smallest absolute Gasteiger partial charge is 0.149 e. The Labute approximate surface area is 90.5 Å². The molecule has 0 aromatic carbocycles. The van der Waals surface area contributed by atoms with Crippen molar-refractivity contribution in [2.24, 2.45) is 5.92 Å². The largest absolute Gasteiger partial charge is 0.382 e. The van der Waals surface area contributed by atoms with E-state index in [2.05, 4.69) is 28.7 Å². The third-order valence-electron chi connectivity index (χ3n) is 3.05. The summed E-state index contributed by atoms with van der Waals surface area (Å²) in [6.45, 7) is 5.56. The molecule has 0 saturated carbocycles. The molecule has 0 spiro atoms. The number of anilines is 2. The quantitative estimate of drug-likeness (QED) is 0.759. The van der Waals surface area contributed by atoms with Crippen molar-refractivity contribution < 1.29 is 0 Å². The first-order valence-electron chi connectivity index (χ1n) is 5.51. The van der Waals surface area contributed by atoms with Gasteiger partial charge in [-0.25, -0.2) is 4.98 Å². The topological polar surface area (TPSA) is 55.0 Å². The van der Waals surface area contributed by atoms with Crippen molar-refractivity contribution in [2.75, 3.05) is 17.2 Å². The number of nitrogen functional groups attached to an aromatic ring is 1. The zero-order chi connectivity index (χ0) is 10.8. The molecule has 1 saturated heterocycles. The Bertz CT molecular complexity index is 339. The molecule has 1 aliphatic heterocycles. The fourth-order valence-electron chi connectivity index (χ4n) is 2.12. The molecule has 1 aliphatic rings. The Morgan fingerprint density at radius 1 is 1.33 bits per heavy atom. The number of rotatable bonds is 1. The number of nitrogens with zero attached hydrogens (tertiary/aromatic N) is 3. The molecule has 2 N–H and O–H groups in total. The summed E-state index contributed by atoms with van der Waals surface area (Å²) < 4.78 is 0. The first kappa shape index (κ1) is 10.2. The van der Waals surface area contributed by atoms with Crippen LogP contribution in [0.3, 0.4) is 0 Å². The van der Waals surface area contributed by atoms with Crippen LogP contribution in [-0.4, -0.2) is 22.6 Å². The highest BCUT2D eigenvalue weighted by Crippen LogP contribution is 2.25. The fourth-order valence-corrected chi connectivity index (χ4v) is 2.12. The molecule has 0 aliphatic carbocycles. The summed E-state index contributed by atoms with van der Waals surface area (Å²) in [5.74, 6) is 2.14.